The number of rotatable bonds is 2. The lowest BCUT2D eigenvalue weighted by atomic mass is 10.1. The molecule has 1 saturated carbocycles. The van der Waals surface area contributed by atoms with Crippen LogP contribution in [0.1, 0.15) is 19.8 Å². The topological polar surface area (TPSA) is 42.7 Å². The van der Waals surface area contributed by atoms with Gasteiger partial charge in [-0.05, 0) is 53.7 Å². The summed E-state index contributed by atoms with van der Waals surface area (Å²) in [5, 5.41) is 8.63. The number of halogens is 1. The molecule has 2 aromatic rings. The van der Waals surface area contributed by atoms with Gasteiger partial charge in [-0.15, -0.1) is 10.2 Å². The highest BCUT2D eigenvalue weighted by Gasteiger charge is 2.38. The third kappa shape index (κ3) is 2.20. The minimum atomic E-state index is 0.244. The van der Waals surface area contributed by atoms with Crippen molar-refractivity contribution in [2.45, 2.75) is 32.0 Å². The number of hydrogen-bond donors (Lipinski definition) is 0. The molecule has 106 valence electrons. The van der Waals surface area contributed by atoms with Gasteiger partial charge in [0, 0.05) is 23.8 Å². The molecule has 0 N–H and O–H groups in total. The van der Waals surface area contributed by atoms with Gasteiger partial charge in [-0.25, -0.2) is 0 Å². The molecule has 0 unspecified atom stereocenters. The molecule has 4 rings (SSSR count). The number of anilines is 1. The van der Waals surface area contributed by atoms with Crippen LogP contribution in [0, 0.1) is 5.92 Å². The van der Waals surface area contributed by atoms with Crippen LogP contribution in [0.25, 0.3) is 5.65 Å². The lowest BCUT2D eigenvalue weighted by molar-refractivity contribution is -0.0276. The fourth-order valence-electron chi connectivity index (χ4n) is 2.95. The number of nitrogens with zero attached hydrogens (tertiary/aromatic N) is 4. The van der Waals surface area contributed by atoms with E-state index in [-0.39, 0.29) is 6.10 Å². The van der Waals surface area contributed by atoms with Gasteiger partial charge in [0.15, 0.2) is 5.65 Å². The second-order valence-corrected chi connectivity index (χ2v) is 6.72. The highest BCUT2D eigenvalue weighted by atomic mass is 79.9. The van der Waals surface area contributed by atoms with Crippen molar-refractivity contribution >= 4 is 27.5 Å². The maximum absolute atomic E-state index is 6.07. The minimum Gasteiger partial charge on any atom is -0.371 e. The second kappa shape index (κ2) is 4.70. The molecule has 5 nitrogen and oxygen atoms in total. The highest BCUT2D eigenvalue weighted by molar-refractivity contribution is 9.10. The number of aromatic nitrogens is 3. The van der Waals surface area contributed by atoms with Gasteiger partial charge in [-0.1, -0.05) is 0 Å². The second-order valence-electron chi connectivity index (χ2n) is 5.80. The number of hydrogen-bond acceptors (Lipinski definition) is 4. The van der Waals surface area contributed by atoms with Gasteiger partial charge in [0.1, 0.15) is 0 Å². The molecule has 0 aromatic carbocycles. The Balaban J connectivity index is 1.68. The Morgan fingerprint density at radius 2 is 2.10 bits per heavy atom. The Labute approximate surface area is 126 Å². The summed E-state index contributed by atoms with van der Waals surface area (Å²) >= 11 is 3.51. The summed E-state index contributed by atoms with van der Waals surface area (Å²) in [5.41, 5.74) is 0.880. The van der Waals surface area contributed by atoms with E-state index in [1.54, 1.807) is 0 Å². The van der Waals surface area contributed by atoms with Crippen LogP contribution in [0.4, 0.5) is 5.95 Å². The molecule has 1 aliphatic heterocycles. The van der Waals surface area contributed by atoms with Gasteiger partial charge < -0.3 is 9.64 Å². The quantitative estimate of drug-likeness (QED) is 0.845. The fraction of sp³-hybridized carbons (Fsp3) is 0.571. The molecular formula is C14H17BrN4O. The van der Waals surface area contributed by atoms with Gasteiger partial charge >= 0.3 is 0 Å². The van der Waals surface area contributed by atoms with Crippen LogP contribution < -0.4 is 4.90 Å². The third-order valence-electron chi connectivity index (χ3n) is 4.06. The predicted octanol–water partition coefficient (Wildman–Crippen LogP) is 2.50. The van der Waals surface area contributed by atoms with E-state index in [4.69, 9.17) is 4.74 Å². The maximum Gasteiger partial charge on any atom is 0.231 e. The van der Waals surface area contributed by atoms with E-state index in [2.05, 4.69) is 38.0 Å². The van der Waals surface area contributed by atoms with Gasteiger partial charge in [0.25, 0.3) is 0 Å². The fourth-order valence-corrected chi connectivity index (χ4v) is 3.28. The monoisotopic (exact) mass is 336 g/mol. The molecule has 2 aromatic heterocycles. The van der Waals surface area contributed by atoms with E-state index in [1.807, 2.05) is 22.7 Å². The van der Waals surface area contributed by atoms with Crippen molar-refractivity contribution < 1.29 is 4.74 Å². The van der Waals surface area contributed by atoms with E-state index in [0.717, 1.165) is 35.1 Å². The van der Waals surface area contributed by atoms with Crippen molar-refractivity contribution in [3.05, 3.63) is 22.8 Å². The first-order valence-corrected chi connectivity index (χ1v) is 7.91. The number of pyridine rings is 1. The van der Waals surface area contributed by atoms with Crippen LogP contribution in [0.5, 0.6) is 0 Å². The number of ether oxygens (including phenoxy) is 1. The van der Waals surface area contributed by atoms with Crippen LogP contribution in [-0.4, -0.2) is 39.9 Å². The molecule has 0 bridgehead atoms. The summed E-state index contributed by atoms with van der Waals surface area (Å²) in [7, 11) is 0. The van der Waals surface area contributed by atoms with Crippen LogP contribution in [0.3, 0.4) is 0 Å². The molecular weight excluding hydrogens is 320 g/mol. The zero-order chi connectivity index (χ0) is 13.7. The number of morpholine rings is 1. The van der Waals surface area contributed by atoms with Crippen molar-refractivity contribution in [2.75, 3.05) is 18.0 Å². The molecule has 3 heterocycles. The van der Waals surface area contributed by atoms with Crippen molar-refractivity contribution in [1.82, 2.24) is 14.6 Å². The Bertz CT molecular complexity index is 639. The molecule has 0 spiro atoms. The van der Waals surface area contributed by atoms with Crippen LogP contribution in [0.2, 0.25) is 0 Å². The summed E-state index contributed by atoms with van der Waals surface area (Å²) < 4.78 is 9.15. The average Bonchev–Trinajstić information content (AvgIpc) is 3.19. The highest BCUT2D eigenvalue weighted by Crippen LogP contribution is 2.37. The minimum absolute atomic E-state index is 0.244. The summed E-state index contributed by atoms with van der Waals surface area (Å²) in [6, 6.07) is 3.96. The van der Waals surface area contributed by atoms with Gasteiger partial charge in [0.05, 0.1) is 12.2 Å². The van der Waals surface area contributed by atoms with Crippen molar-refractivity contribution in [2.24, 2.45) is 5.92 Å². The lowest BCUT2D eigenvalue weighted by Crippen LogP contribution is -2.48. The van der Waals surface area contributed by atoms with Crippen molar-refractivity contribution in [3.63, 3.8) is 0 Å². The molecule has 1 aliphatic carbocycles. The first-order valence-electron chi connectivity index (χ1n) is 7.11. The van der Waals surface area contributed by atoms with E-state index < -0.39 is 0 Å². The average molecular weight is 337 g/mol. The van der Waals surface area contributed by atoms with E-state index in [1.165, 1.54) is 12.8 Å². The van der Waals surface area contributed by atoms with Crippen molar-refractivity contribution in [3.8, 4) is 0 Å². The van der Waals surface area contributed by atoms with E-state index in [9.17, 15) is 0 Å². The summed E-state index contributed by atoms with van der Waals surface area (Å²) in [6.07, 6.45) is 5.22. The SMILES string of the molecule is C[C@@H]1CN(c2nnc3ccc(Br)cn23)C[C@@H](C2CC2)O1. The van der Waals surface area contributed by atoms with Crippen LogP contribution >= 0.6 is 15.9 Å². The lowest BCUT2D eigenvalue weighted by Gasteiger charge is -2.37. The number of fused-ring (bicyclic) bond motifs is 1. The third-order valence-corrected chi connectivity index (χ3v) is 4.53. The maximum atomic E-state index is 6.07. The molecule has 1 saturated heterocycles. The molecule has 2 fully saturated rings. The van der Waals surface area contributed by atoms with E-state index >= 15 is 0 Å². The first kappa shape index (κ1) is 12.6. The van der Waals surface area contributed by atoms with Crippen molar-refractivity contribution in [1.29, 1.82) is 0 Å². The molecule has 0 radical (unpaired) electrons. The predicted molar refractivity (Wildman–Crippen MR) is 80.0 cm³/mol. The Morgan fingerprint density at radius 1 is 1.25 bits per heavy atom. The largest absolute Gasteiger partial charge is 0.371 e. The molecule has 0 amide bonds. The Kier molecular flexibility index (Phi) is 2.96. The van der Waals surface area contributed by atoms with Crippen LogP contribution in [0.15, 0.2) is 22.8 Å². The zero-order valence-electron chi connectivity index (χ0n) is 11.4. The zero-order valence-corrected chi connectivity index (χ0v) is 13.0. The van der Waals surface area contributed by atoms with Gasteiger partial charge in [0.2, 0.25) is 5.95 Å². The standard InChI is InChI=1S/C14H17BrN4O/c1-9-6-18(8-12(20-9)10-2-3-10)14-17-16-13-5-4-11(15)7-19(13)14/h4-5,7,9-10,12H,2-3,6,8H2,1H3/t9-,12+/m1/s1. The molecule has 2 atom stereocenters. The Morgan fingerprint density at radius 3 is 2.90 bits per heavy atom. The molecule has 20 heavy (non-hydrogen) atoms. The molecule has 6 heteroatoms. The van der Waals surface area contributed by atoms with Gasteiger partial charge in [-0.3, -0.25) is 4.40 Å². The molecule has 2 aliphatic rings. The summed E-state index contributed by atoms with van der Waals surface area (Å²) in [5.74, 6) is 1.66. The summed E-state index contributed by atoms with van der Waals surface area (Å²) in [4.78, 5) is 2.31. The van der Waals surface area contributed by atoms with E-state index in [0.29, 0.717) is 6.10 Å². The normalized spacial score (nSPS) is 27.2. The smallest absolute Gasteiger partial charge is 0.231 e. The van der Waals surface area contributed by atoms with Crippen LogP contribution in [-0.2, 0) is 4.74 Å². The Hall–Kier alpha value is -1.14. The first-order chi connectivity index (χ1) is 9.70. The summed E-state index contributed by atoms with van der Waals surface area (Å²) in [6.45, 7) is 3.93. The van der Waals surface area contributed by atoms with Gasteiger partial charge in [-0.2, -0.15) is 0 Å².